The Morgan fingerprint density at radius 2 is 1.30 bits per heavy atom. The third kappa shape index (κ3) is 8.37. The van der Waals surface area contributed by atoms with E-state index in [1.165, 1.54) is 10.4 Å². The van der Waals surface area contributed by atoms with Gasteiger partial charge < -0.3 is 19.4 Å². The number of hydrogen-bond acceptors (Lipinski definition) is 4. The molecule has 0 spiro atoms. The first kappa shape index (κ1) is 31.8. The van der Waals surface area contributed by atoms with Crippen LogP contribution in [0.2, 0.25) is 5.04 Å². The molecule has 6 heteroatoms. The topological polar surface area (TPSA) is 76.0 Å². The summed E-state index contributed by atoms with van der Waals surface area (Å²) < 4.78 is 13.1. The highest BCUT2D eigenvalue weighted by molar-refractivity contribution is 6.99. The molecule has 2 N–H and O–H groups in total. The summed E-state index contributed by atoms with van der Waals surface area (Å²) in [5, 5.41) is 22.9. The molecule has 3 rings (SSSR count). The van der Waals surface area contributed by atoms with Gasteiger partial charge in [-0.05, 0) is 39.7 Å². The lowest BCUT2D eigenvalue weighted by Gasteiger charge is -2.43. The molecule has 0 saturated heterocycles. The number of aliphatic carboxylic acids is 1. The summed E-state index contributed by atoms with van der Waals surface area (Å²) in [5.74, 6) is -0.978. The first-order valence-corrected chi connectivity index (χ1v) is 16.3. The van der Waals surface area contributed by atoms with Gasteiger partial charge in [-0.15, -0.1) is 0 Å². The van der Waals surface area contributed by atoms with E-state index >= 15 is 0 Å². The molecule has 0 fully saturated rings. The maximum atomic E-state index is 11.5. The van der Waals surface area contributed by atoms with Crippen LogP contribution in [0.5, 0.6) is 0 Å². The third-order valence-corrected chi connectivity index (χ3v) is 12.9. The van der Waals surface area contributed by atoms with Crippen molar-refractivity contribution >= 4 is 24.7 Å². The molecule has 0 unspecified atom stereocenters. The number of rotatable bonds is 15. The summed E-state index contributed by atoms with van der Waals surface area (Å²) in [6, 6.07) is 30.8. The quantitative estimate of drug-likeness (QED) is 0.221. The van der Waals surface area contributed by atoms with Gasteiger partial charge in [0.25, 0.3) is 8.32 Å². The molecule has 3 aromatic carbocycles. The Labute approximate surface area is 241 Å². The maximum Gasteiger partial charge on any atom is 0.305 e. The van der Waals surface area contributed by atoms with Crippen LogP contribution in [0.4, 0.5) is 0 Å². The largest absolute Gasteiger partial charge is 0.481 e. The fourth-order valence-corrected chi connectivity index (χ4v) is 10.1. The highest BCUT2D eigenvalue weighted by atomic mass is 28.4. The van der Waals surface area contributed by atoms with E-state index in [0.717, 1.165) is 5.56 Å². The molecule has 0 aliphatic rings. The second-order valence-corrected chi connectivity index (χ2v) is 16.3. The van der Waals surface area contributed by atoms with Crippen molar-refractivity contribution in [2.75, 3.05) is 6.61 Å². The van der Waals surface area contributed by atoms with Crippen molar-refractivity contribution in [3.63, 3.8) is 0 Å². The first-order chi connectivity index (χ1) is 19.0. The van der Waals surface area contributed by atoms with Crippen LogP contribution in [-0.4, -0.2) is 43.3 Å². The van der Waals surface area contributed by atoms with Crippen LogP contribution in [0.3, 0.4) is 0 Å². The number of ether oxygens (including phenoxy) is 1. The van der Waals surface area contributed by atoms with Crippen molar-refractivity contribution in [2.24, 2.45) is 11.8 Å². The molecule has 4 atom stereocenters. The number of carbonyl (C=O) groups is 1. The van der Waals surface area contributed by atoms with Gasteiger partial charge in [-0.3, -0.25) is 4.79 Å². The number of aliphatic hydroxyl groups excluding tert-OH is 1. The predicted octanol–water partition coefficient (Wildman–Crippen LogP) is 6.04. The minimum Gasteiger partial charge on any atom is -0.481 e. The summed E-state index contributed by atoms with van der Waals surface area (Å²) in [7, 11) is -2.68. The zero-order valence-corrected chi connectivity index (χ0v) is 25.6. The molecule has 5 nitrogen and oxygen atoms in total. The van der Waals surface area contributed by atoms with Crippen LogP contribution in [0.15, 0.2) is 91.0 Å². The molecular weight excluding hydrogens is 516 g/mol. The van der Waals surface area contributed by atoms with E-state index in [0.29, 0.717) is 26.1 Å². The summed E-state index contributed by atoms with van der Waals surface area (Å²) in [4.78, 5) is 11.5. The zero-order chi connectivity index (χ0) is 29.2. The van der Waals surface area contributed by atoms with E-state index in [1.54, 1.807) is 0 Å². The van der Waals surface area contributed by atoms with Gasteiger partial charge in [0.15, 0.2) is 0 Å². The monoisotopic (exact) mass is 562 g/mol. The van der Waals surface area contributed by atoms with Crippen LogP contribution < -0.4 is 10.4 Å². The molecule has 0 bridgehead atoms. The summed E-state index contributed by atoms with van der Waals surface area (Å²) in [5.41, 5.74) is 1.01. The molecule has 3 aromatic rings. The SMILES string of the molecule is C[C@H](CO[Si](c1ccccc1)(c1ccccc1)C(C)(C)C)[C@@H](O)CC[C@H](C)[C@@H](CC(=O)O)OCc1ccccc1. The Hall–Kier alpha value is -2.77. The van der Waals surface area contributed by atoms with E-state index in [2.05, 4.69) is 69.3 Å². The maximum absolute atomic E-state index is 11.5. The van der Waals surface area contributed by atoms with Gasteiger partial charge in [-0.2, -0.15) is 0 Å². The second-order valence-electron chi connectivity index (χ2n) is 12.0. The highest BCUT2D eigenvalue weighted by Crippen LogP contribution is 2.37. The van der Waals surface area contributed by atoms with Gasteiger partial charge in [0.1, 0.15) is 0 Å². The Balaban J connectivity index is 1.67. The smallest absolute Gasteiger partial charge is 0.305 e. The number of carboxylic acids is 1. The summed E-state index contributed by atoms with van der Waals surface area (Å²) >= 11 is 0. The lowest BCUT2D eigenvalue weighted by atomic mass is 9.92. The third-order valence-electron chi connectivity index (χ3n) is 7.87. The zero-order valence-electron chi connectivity index (χ0n) is 24.6. The molecule has 0 aliphatic heterocycles. The number of benzene rings is 3. The molecule has 0 saturated carbocycles. The van der Waals surface area contributed by atoms with Gasteiger partial charge >= 0.3 is 5.97 Å². The lowest BCUT2D eigenvalue weighted by Crippen LogP contribution is -2.67. The average Bonchev–Trinajstić information content (AvgIpc) is 2.94. The van der Waals surface area contributed by atoms with Gasteiger partial charge in [0.2, 0.25) is 0 Å². The summed E-state index contributed by atoms with van der Waals surface area (Å²) in [6.07, 6.45) is 0.166. The van der Waals surface area contributed by atoms with Crippen LogP contribution >= 0.6 is 0 Å². The Morgan fingerprint density at radius 1 is 0.800 bits per heavy atom. The van der Waals surface area contributed by atoms with E-state index in [4.69, 9.17) is 9.16 Å². The Morgan fingerprint density at radius 3 is 1.77 bits per heavy atom. The molecule has 0 amide bonds. The fraction of sp³-hybridized carbons (Fsp3) is 0.441. The molecular formula is C34H46O5Si. The summed E-state index contributed by atoms with van der Waals surface area (Å²) in [6.45, 7) is 11.6. The van der Waals surface area contributed by atoms with E-state index in [1.807, 2.05) is 56.3 Å². The molecule has 0 aliphatic carbocycles. The number of carboxylic acid groups (broad SMARTS) is 1. The predicted molar refractivity (Wildman–Crippen MR) is 164 cm³/mol. The Bertz CT molecular complexity index is 1110. The van der Waals surface area contributed by atoms with Crippen LogP contribution in [0.1, 0.15) is 59.4 Å². The van der Waals surface area contributed by atoms with Crippen molar-refractivity contribution in [1.82, 2.24) is 0 Å². The molecule has 216 valence electrons. The fourth-order valence-electron chi connectivity index (χ4n) is 5.41. The molecule has 0 heterocycles. The molecule has 0 radical (unpaired) electrons. The van der Waals surface area contributed by atoms with Gasteiger partial charge in [-0.25, -0.2) is 0 Å². The minimum atomic E-state index is -2.68. The van der Waals surface area contributed by atoms with E-state index in [9.17, 15) is 15.0 Å². The van der Waals surface area contributed by atoms with Gasteiger partial charge in [0, 0.05) is 12.5 Å². The first-order valence-electron chi connectivity index (χ1n) is 14.3. The van der Waals surface area contributed by atoms with Crippen LogP contribution in [-0.2, 0) is 20.6 Å². The van der Waals surface area contributed by atoms with Gasteiger partial charge in [0.05, 0.1) is 25.2 Å². The minimum absolute atomic E-state index is 0.0146. The average molecular weight is 563 g/mol. The molecule has 40 heavy (non-hydrogen) atoms. The van der Waals surface area contributed by atoms with Crippen molar-refractivity contribution in [1.29, 1.82) is 0 Å². The Kier molecular flexibility index (Phi) is 11.7. The number of aliphatic hydroxyl groups is 1. The standard InChI is InChI=1S/C34H46O5Si/c1-26(32(23-33(36)37)38-25-28-15-9-6-10-16-28)21-22-31(35)27(2)24-39-40(34(3,4)5,29-17-11-7-12-18-29)30-19-13-8-14-20-30/h6-20,26-27,31-32,35H,21-25H2,1-5H3,(H,36,37)/t26-,27+,31-,32+/m0/s1. The lowest BCUT2D eigenvalue weighted by molar-refractivity contribution is -0.141. The normalized spacial score (nSPS) is 15.2. The van der Waals surface area contributed by atoms with Crippen LogP contribution in [0, 0.1) is 11.8 Å². The van der Waals surface area contributed by atoms with Crippen molar-refractivity contribution in [3.05, 3.63) is 96.6 Å². The second kappa shape index (κ2) is 14.7. The van der Waals surface area contributed by atoms with E-state index < -0.39 is 26.5 Å². The van der Waals surface area contributed by atoms with Crippen molar-refractivity contribution in [2.45, 2.75) is 77.7 Å². The number of hydrogen-bond donors (Lipinski definition) is 2. The van der Waals surface area contributed by atoms with Crippen molar-refractivity contribution < 1.29 is 24.2 Å². The van der Waals surface area contributed by atoms with Crippen molar-refractivity contribution in [3.8, 4) is 0 Å². The molecule has 0 aromatic heterocycles. The van der Waals surface area contributed by atoms with Crippen LogP contribution in [0.25, 0.3) is 0 Å². The van der Waals surface area contributed by atoms with Gasteiger partial charge in [-0.1, -0.05) is 126 Å². The highest BCUT2D eigenvalue weighted by Gasteiger charge is 2.50. The van der Waals surface area contributed by atoms with E-state index in [-0.39, 0.29) is 23.3 Å².